The largest absolute Gasteiger partial charge is 0.465 e. The first kappa shape index (κ1) is 17.1. The van der Waals surface area contributed by atoms with Gasteiger partial charge in [0.25, 0.3) is 0 Å². The summed E-state index contributed by atoms with van der Waals surface area (Å²) in [6.07, 6.45) is 4.08. The Kier molecular flexibility index (Phi) is 11.7. The molecular weight excluding hydrogens is 214 g/mol. The van der Waals surface area contributed by atoms with Gasteiger partial charge < -0.3 is 10.5 Å². The molecule has 0 spiro atoms. The van der Waals surface area contributed by atoms with Crippen molar-refractivity contribution in [3.05, 3.63) is 0 Å². The molecule has 15 heavy (non-hydrogen) atoms. The van der Waals surface area contributed by atoms with Crippen molar-refractivity contribution < 1.29 is 9.53 Å². The fourth-order valence-corrected chi connectivity index (χ4v) is 1.11. The van der Waals surface area contributed by atoms with Crippen LogP contribution in [0.15, 0.2) is 0 Å². The maximum Gasteiger partial charge on any atom is 0.323 e. The standard InChI is InChI=1S/C11H23NO2.ClH/c1-4-6-7-8-14-11(13)10(12)9(3)5-2;/h9-10H,4-8,12H2,1-3H3;1H. The zero-order chi connectivity index (χ0) is 11.0. The van der Waals surface area contributed by atoms with E-state index in [1.165, 1.54) is 0 Å². The second kappa shape index (κ2) is 10.2. The van der Waals surface area contributed by atoms with Crippen molar-refractivity contribution in [3.63, 3.8) is 0 Å². The second-order valence-electron chi connectivity index (χ2n) is 3.79. The Morgan fingerprint density at radius 2 is 1.93 bits per heavy atom. The predicted molar refractivity (Wildman–Crippen MR) is 65.2 cm³/mol. The summed E-state index contributed by atoms with van der Waals surface area (Å²) in [6.45, 7) is 6.62. The smallest absolute Gasteiger partial charge is 0.323 e. The van der Waals surface area contributed by atoms with Crippen LogP contribution in [0.2, 0.25) is 0 Å². The summed E-state index contributed by atoms with van der Waals surface area (Å²) in [7, 11) is 0. The van der Waals surface area contributed by atoms with Crippen LogP contribution in [0.5, 0.6) is 0 Å². The highest BCUT2D eigenvalue weighted by Gasteiger charge is 2.20. The second-order valence-corrected chi connectivity index (χ2v) is 3.79. The molecule has 0 aliphatic carbocycles. The van der Waals surface area contributed by atoms with E-state index in [-0.39, 0.29) is 24.3 Å². The first-order chi connectivity index (χ1) is 6.63. The molecular formula is C11H24ClNO2. The highest BCUT2D eigenvalue weighted by molar-refractivity contribution is 5.85. The molecule has 0 bridgehead atoms. The molecule has 0 aromatic rings. The molecule has 2 N–H and O–H groups in total. The van der Waals surface area contributed by atoms with E-state index in [4.69, 9.17) is 10.5 Å². The summed E-state index contributed by atoms with van der Waals surface area (Å²) in [4.78, 5) is 11.4. The predicted octanol–water partition coefficient (Wildman–Crippen LogP) is 2.52. The van der Waals surface area contributed by atoms with E-state index in [9.17, 15) is 4.79 Å². The van der Waals surface area contributed by atoms with Crippen molar-refractivity contribution in [1.82, 2.24) is 0 Å². The molecule has 2 atom stereocenters. The molecule has 0 saturated carbocycles. The van der Waals surface area contributed by atoms with Gasteiger partial charge in [-0.3, -0.25) is 4.79 Å². The summed E-state index contributed by atoms with van der Waals surface area (Å²) >= 11 is 0. The number of hydrogen-bond acceptors (Lipinski definition) is 3. The molecule has 0 amide bonds. The number of carbonyl (C=O) groups is 1. The molecule has 0 radical (unpaired) electrons. The third-order valence-electron chi connectivity index (χ3n) is 2.52. The van der Waals surface area contributed by atoms with Crippen LogP contribution < -0.4 is 5.73 Å². The lowest BCUT2D eigenvalue weighted by Gasteiger charge is -2.16. The van der Waals surface area contributed by atoms with Gasteiger partial charge in [-0.15, -0.1) is 12.4 Å². The zero-order valence-electron chi connectivity index (χ0n) is 9.99. The molecule has 0 saturated heterocycles. The first-order valence-corrected chi connectivity index (χ1v) is 5.55. The van der Waals surface area contributed by atoms with Crippen LogP contribution in [-0.2, 0) is 9.53 Å². The number of esters is 1. The normalized spacial score (nSPS) is 13.9. The summed E-state index contributed by atoms with van der Waals surface area (Å²) < 4.78 is 5.06. The third-order valence-corrected chi connectivity index (χ3v) is 2.52. The molecule has 3 nitrogen and oxygen atoms in total. The molecule has 0 heterocycles. The first-order valence-electron chi connectivity index (χ1n) is 5.55. The molecule has 92 valence electrons. The fourth-order valence-electron chi connectivity index (χ4n) is 1.11. The van der Waals surface area contributed by atoms with E-state index >= 15 is 0 Å². The maximum atomic E-state index is 11.4. The van der Waals surface area contributed by atoms with Crippen LogP contribution in [-0.4, -0.2) is 18.6 Å². The maximum absolute atomic E-state index is 11.4. The average molecular weight is 238 g/mol. The third kappa shape index (κ3) is 7.63. The Balaban J connectivity index is 0. The van der Waals surface area contributed by atoms with Crippen molar-refractivity contribution in [2.45, 2.75) is 52.5 Å². The lowest BCUT2D eigenvalue weighted by atomic mass is 10.0. The number of nitrogens with two attached hydrogens (primary N) is 1. The fraction of sp³-hybridized carbons (Fsp3) is 0.909. The molecule has 2 unspecified atom stereocenters. The minimum atomic E-state index is -0.457. The number of unbranched alkanes of at least 4 members (excludes halogenated alkanes) is 2. The van der Waals surface area contributed by atoms with Gasteiger partial charge in [0.15, 0.2) is 0 Å². The van der Waals surface area contributed by atoms with E-state index < -0.39 is 6.04 Å². The lowest BCUT2D eigenvalue weighted by molar-refractivity contribution is -0.146. The van der Waals surface area contributed by atoms with Crippen LogP contribution in [0.25, 0.3) is 0 Å². The lowest BCUT2D eigenvalue weighted by Crippen LogP contribution is -2.38. The molecule has 0 fully saturated rings. The number of halogens is 1. The molecule has 4 heteroatoms. The van der Waals surface area contributed by atoms with Gasteiger partial charge in [-0.1, -0.05) is 40.0 Å². The molecule has 0 aromatic heterocycles. The van der Waals surface area contributed by atoms with Crippen LogP contribution in [0.3, 0.4) is 0 Å². The van der Waals surface area contributed by atoms with Crippen molar-refractivity contribution in [2.24, 2.45) is 11.7 Å². The number of hydrogen-bond donors (Lipinski definition) is 1. The Labute approximate surface area is 99.2 Å². The Hall–Kier alpha value is -0.280. The van der Waals surface area contributed by atoms with Crippen LogP contribution >= 0.6 is 12.4 Å². The van der Waals surface area contributed by atoms with Crippen molar-refractivity contribution in [1.29, 1.82) is 0 Å². The van der Waals surface area contributed by atoms with E-state index in [1.807, 2.05) is 13.8 Å². The topological polar surface area (TPSA) is 52.3 Å². The van der Waals surface area contributed by atoms with Gasteiger partial charge in [0.05, 0.1) is 6.61 Å². The van der Waals surface area contributed by atoms with Crippen molar-refractivity contribution >= 4 is 18.4 Å². The number of carbonyl (C=O) groups excluding carboxylic acids is 1. The summed E-state index contributed by atoms with van der Waals surface area (Å²) in [6, 6.07) is -0.457. The van der Waals surface area contributed by atoms with Crippen LogP contribution in [0.1, 0.15) is 46.5 Å². The van der Waals surface area contributed by atoms with Crippen LogP contribution in [0.4, 0.5) is 0 Å². The number of ether oxygens (including phenoxy) is 1. The van der Waals surface area contributed by atoms with Gasteiger partial charge in [-0.25, -0.2) is 0 Å². The Morgan fingerprint density at radius 3 is 2.40 bits per heavy atom. The number of rotatable bonds is 7. The van der Waals surface area contributed by atoms with E-state index in [1.54, 1.807) is 0 Å². The summed E-state index contributed by atoms with van der Waals surface area (Å²) in [5.41, 5.74) is 5.71. The highest BCUT2D eigenvalue weighted by atomic mass is 35.5. The van der Waals surface area contributed by atoms with Crippen molar-refractivity contribution in [2.75, 3.05) is 6.61 Å². The molecule has 0 aliphatic rings. The van der Waals surface area contributed by atoms with Gasteiger partial charge in [0.1, 0.15) is 6.04 Å². The average Bonchev–Trinajstić information content (AvgIpc) is 2.21. The zero-order valence-corrected chi connectivity index (χ0v) is 10.8. The monoisotopic (exact) mass is 237 g/mol. The van der Waals surface area contributed by atoms with Gasteiger partial charge in [0.2, 0.25) is 0 Å². The Morgan fingerprint density at radius 1 is 1.33 bits per heavy atom. The van der Waals surface area contributed by atoms with Gasteiger partial charge in [-0.2, -0.15) is 0 Å². The van der Waals surface area contributed by atoms with Gasteiger partial charge in [-0.05, 0) is 12.3 Å². The molecule has 0 aromatic carbocycles. The van der Waals surface area contributed by atoms with E-state index in [2.05, 4.69) is 6.92 Å². The molecule has 0 aliphatic heterocycles. The van der Waals surface area contributed by atoms with Gasteiger partial charge >= 0.3 is 5.97 Å². The minimum Gasteiger partial charge on any atom is -0.465 e. The Bertz CT molecular complexity index is 165. The summed E-state index contributed by atoms with van der Waals surface area (Å²) in [5, 5.41) is 0. The summed E-state index contributed by atoms with van der Waals surface area (Å²) in [5.74, 6) is -0.0517. The molecule has 0 rings (SSSR count). The SMILES string of the molecule is CCCCCOC(=O)C(N)C(C)CC.Cl. The van der Waals surface area contributed by atoms with Gasteiger partial charge in [0, 0.05) is 0 Å². The van der Waals surface area contributed by atoms with E-state index in [0.717, 1.165) is 25.7 Å². The highest BCUT2D eigenvalue weighted by Crippen LogP contribution is 2.07. The van der Waals surface area contributed by atoms with Crippen molar-refractivity contribution in [3.8, 4) is 0 Å². The quantitative estimate of drug-likeness (QED) is 0.547. The minimum absolute atomic E-state index is 0. The van der Waals surface area contributed by atoms with E-state index in [0.29, 0.717) is 6.61 Å². The van der Waals surface area contributed by atoms with Crippen LogP contribution in [0, 0.1) is 5.92 Å².